The van der Waals surface area contributed by atoms with Crippen LogP contribution in [0.1, 0.15) is 16.8 Å². The van der Waals surface area contributed by atoms with Gasteiger partial charge in [0, 0.05) is 68.8 Å². The SMILES string of the molecule is CN1CCN(CCCNc2c(F)cc3c(=O)c(C(=O)N4CCOCC4)cn4c3c2Oc2cc3c(cc2-4)oc2ccccc23)CC1. The number of carbonyl (C=O) groups excluding carboxylic acids is 1. The lowest BCUT2D eigenvalue weighted by Gasteiger charge is -2.32. The topological polar surface area (TPSA) is 92.4 Å². The van der Waals surface area contributed by atoms with E-state index in [0.717, 1.165) is 55.5 Å². The highest BCUT2D eigenvalue weighted by Gasteiger charge is 2.31. The second-order valence-electron chi connectivity index (χ2n) is 12.0. The number of morpholine rings is 1. The summed E-state index contributed by atoms with van der Waals surface area (Å²) in [5.74, 6) is -0.302. The van der Waals surface area contributed by atoms with E-state index < -0.39 is 17.2 Å². The lowest BCUT2D eigenvalue weighted by atomic mass is 10.0. The Morgan fingerprint density at radius 3 is 2.58 bits per heavy atom. The van der Waals surface area contributed by atoms with Gasteiger partial charge in [0.05, 0.1) is 24.3 Å². The molecule has 5 heterocycles. The molecule has 3 aliphatic heterocycles. The molecule has 0 bridgehead atoms. The van der Waals surface area contributed by atoms with Crippen molar-refractivity contribution in [1.29, 1.82) is 0 Å². The molecule has 3 aromatic carbocycles. The van der Waals surface area contributed by atoms with Crippen LogP contribution in [-0.2, 0) is 4.74 Å². The second-order valence-corrected chi connectivity index (χ2v) is 12.0. The third-order valence-electron chi connectivity index (χ3n) is 9.20. The summed E-state index contributed by atoms with van der Waals surface area (Å²) in [6, 6.07) is 12.7. The Balaban J connectivity index is 1.24. The van der Waals surface area contributed by atoms with Gasteiger partial charge in [0.1, 0.15) is 27.9 Å². The Kier molecular flexibility index (Phi) is 6.96. The van der Waals surface area contributed by atoms with Crippen molar-refractivity contribution in [2.24, 2.45) is 0 Å². The lowest BCUT2D eigenvalue weighted by molar-refractivity contribution is 0.0301. The van der Waals surface area contributed by atoms with Crippen LogP contribution in [0.15, 0.2) is 57.9 Å². The van der Waals surface area contributed by atoms with Crippen molar-refractivity contribution in [3.63, 3.8) is 0 Å². The molecule has 2 fully saturated rings. The molecule has 0 atom stereocenters. The standard InChI is InChI=1S/C34H34FN5O5/c1-37-9-11-38(12-10-37)8-4-7-36-30-25(35)17-23-31-33(30)45-29-18-22-21-5-2-3-6-27(21)44-28(22)19-26(29)40(31)20-24(32(23)41)34(42)39-13-15-43-16-14-39/h2-3,5-6,17-20,36H,4,7-16H2,1H3. The summed E-state index contributed by atoms with van der Waals surface area (Å²) in [6.07, 6.45) is 2.38. The van der Waals surface area contributed by atoms with Crippen LogP contribution in [-0.4, -0.2) is 97.8 Å². The van der Waals surface area contributed by atoms with Gasteiger partial charge >= 0.3 is 0 Å². The van der Waals surface area contributed by atoms with E-state index >= 15 is 4.39 Å². The van der Waals surface area contributed by atoms with Crippen LogP contribution >= 0.6 is 0 Å². The highest BCUT2D eigenvalue weighted by molar-refractivity contribution is 6.07. The van der Waals surface area contributed by atoms with Crippen LogP contribution < -0.4 is 15.5 Å². The average Bonchev–Trinajstić information content (AvgIpc) is 3.42. The molecule has 1 N–H and O–H groups in total. The predicted octanol–water partition coefficient (Wildman–Crippen LogP) is 4.66. The fourth-order valence-corrected chi connectivity index (χ4v) is 6.68. The average molecular weight is 612 g/mol. The van der Waals surface area contributed by atoms with E-state index in [0.29, 0.717) is 55.4 Å². The molecule has 0 radical (unpaired) electrons. The number of fused-ring (bicyclic) bond motifs is 5. The number of nitrogens with zero attached hydrogens (tertiary/aromatic N) is 4. The van der Waals surface area contributed by atoms with Crippen molar-refractivity contribution in [3.8, 4) is 17.2 Å². The van der Waals surface area contributed by atoms with Gasteiger partial charge in [-0.1, -0.05) is 18.2 Å². The number of amides is 1. The van der Waals surface area contributed by atoms with E-state index in [1.807, 2.05) is 36.4 Å². The molecular formula is C34H34FN5O5. The number of halogens is 1. The molecule has 10 nitrogen and oxygen atoms in total. The van der Waals surface area contributed by atoms with Crippen molar-refractivity contribution < 1.29 is 23.1 Å². The Morgan fingerprint density at radius 2 is 1.76 bits per heavy atom. The number of hydrogen-bond donors (Lipinski definition) is 1. The Bertz CT molecular complexity index is 2020. The highest BCUT2D eigenvalue weighted by Crippen LogP contribution is 2.47. The van der Waals surface area contributed by atoms with Gasteiger partial charge in [-0.2, -0.15) is 0 Å². The van der Waals surface area contributed by atoms with Crippen molar-refractivity contribution in [2.45, 2.75) is 6.42 Å². The summed E-state index contributed by atoms with van der Waals surface area (Å²) in [4.78, 5) is 33.8. The van der Waals surface area contributed by atoms with Crippen LogP contribution in [0, 0.1) is 5.82 Å². The van der Waals surface area contributed by atoms with E-state index in [-0.39, 0.29) is 22.4 Å². The first kappa shape index (κ1) is 28.1. The molecule has 0 unspecified atom stereocenters. The van der Waals surface area contributed by atoms with Crippen LogP contribution in [0.4, 0.5) is 10.1 Å². The number of hydrogen-bond acceptors (Lipinski definition) is 8. The molecule has 2 aromatic heterocycles. The summed E-state index contributed by atoms with van der Waals surface area (Å²) < 4.78 is 35.8. The minimum atomic E-state index is -0.602. The first-order valence-electron chi connectivity index (χ1n) is 15.5. The Morgan fingerprint density at radius 1 is 0.956 bits per heavy atom. The van der Waals surface area contributed by atoms with Gasteiger partial charge < -0.3 is 38.5 Å². The maximum absolute atomic E-state index is 16.0. The van der Waals surface area contributed by atoms with Gasteiger partial charge in [-0.05, 0) is 38.2 Å². The molecule has 3 aliphatic rings. The fraction of sp³-hybridized carbons (Fsp3) is 0.353. The zero-order chi connectivity index (χ0) is 30.7. The monoisotopic (exact) mass is 611 g/mol. The quantitative estimate of drug-likeness (QED) is 0.272. The number of nitrogens with one attached hydrogen (secondary N) is 1. The molecule has 5 aromatic rings. The summed E-state index contributed by atoms with van der Waals surface area (Å²) in [6.45, 7) is 7.10. The number of furan rings is 1. The minimum absolute atomic E-state index is 0.0276. The van der Waals surface area contributed by atoms with E-state index in [1.165, 1.54) is 6.07 Å². The molecule has 2 saturated heterocycles. The highest BCUT2D eigenvalue weighted by atomic mass is 19.1. The molecule has 0 aliphatic carbocycles. The van der Waals surface area contributed by atoms with Gasteiger partial charge in [0.15, 0.2) is 17.3 Å². The Hall–Kier alpha value is -4.45. The number of rotatable bonds is 6. The number of likely N-dealkylation sites (N-methyl/N-ethyl adjacent to an activating group) is 1. The molecule has 45 heavy (non-hydrogen) atoms. The van der Waals surface area contributed by atoms with Crippen LogP contribution in [0.3, 0.4) is 0 Å². The first-order chi connectivity index (χ1) is 22.0. The summed E-state index contributed by atoms with van der Waals surface area (Å²) in [5.41, 5.74) is 2.02. The van der Waals surface area contributed by atoms with Crippen LogP contribution in [0.25, 0.3) is 38.5 Å². The number of piperazine rings is 1. The van der Waals surface area contributed by atoms with Gasteiger partial charge in [-0.25, -0.2) is 4.39 Å². The maximum atomic E-state index is 16.0. The number of aromatic nitrogens is 1. The molecule has 232 valence electrons. The number of anilines is 1. The molecule has 8 rings (SSSR count). The Labute approximate surface area is 258 Å². The van der Waals surface area contributed by atoms with Gasteiger partial charge in [-0.15, -0.1) is 0 Å². The fourth-order valence-electron chi connectivity index (χ4n) is 6.68. The molecule has 1 amide bonds. The number of para-hydroxylation sites is 1. The first-order valence-corrected chi connectivity index (χ1v) is 15.5. The third kappa shape index (κ3) is 4.82. The van der Waals surface area contributed by atoms with Crippen molar-refractivity contribution in [3.05, 3.63) is 70.3 Å². The second kappa shape index (κ2) is 11.2. The predicted molar refractivity (Wildman–Crippen MR) is 171 cm³/mol. The van der Waals surface area contributed by atoms with Crippen molar-refractivity contribution in [2.75, 3.05) is 77.9 Å². The van der Waals surface area contributed by atoms with E-state index in [9.17, 15) is 9.59 Å². The van der Waals surface area contributed by atoms with Crippen molar-refractivity contribution in [1.82, 2.24) is 19.3 Å². The number of pyridine rings is 1. The van der Waals surface area contributed by atoms with E-state index in [2.05, 4.69) is 22.2 Å². The summed E-state index contributed by atoms with van der Waals surface area (Å²) in [7, 11) is 2.13. The zero-order valence-corrected chi connectivity index (χ0v) is 25.1. The normalized spacial score (nSPS) is 17.2. The largest absolute Gasteiger partial charge is 0.456 e. The third-order valence-corrected chi connectivity index (χ3v) is 9.20. The maximum Gasteiger partial charge on any atom is 0.259 e. The van der Waals surface area contributed by atoms with Gasteiger partial charge in [0.25, 0.3) is 5.91 Å². The summed E-state index contributed by atoms with van der Waals surface area (Å²) >= 11 is 0. The van der Waals surface area contributed by atoms with E-state index in [1.54, 1.807) is 15.7 Å². The van der Waals surface area contributed by atoms with Crippen molar-refractivity contribution >= 4 is 44.4 Å². The number of ether oxygens (including phenoxy) is 2. The lowest BCUT2D eigenvalue weighted by Crippen LogP contribution is -2.44. The van der Waals surface area contributed by atoms with Crippen LogP contribution in [0.5, 0.6) is 11.5 Å². The molecule has 11 heteroatoms. The molecule has 0 saturated carbocycles. The summed E-state index contributed by atoms with van der Waals surface area (Å²) in [5, 5.41) is 5.14. The number of carbonyl (C=O) groups is 1. The minimum Gasteiger partial charge on any atom is -0.456 e. The van der Waals surface area contributed by atoms with E-state index in [4.69, 9.17) is 13.9 Å². The number of benzene rings is 3. The van der Waals surface area contributed by atoms with Gasteiger partial charge in [-0.3, -0.25) is 9.59 Å². The molecule has 0 spiro atoms. The smallest absolute Gasteiger partial charge is 0.259 e. The van der Waals surface area contributed by atoms with Crippen LogP contribution in [0.2, 0.25) is 0 Å². The molecular weight excluding hydrogens is 577 g/mol. The van der Waals surface area contributed by atoms with Gasteiger partial charge in [0.2, 0.25) is 5.43 Å². The zero-order valence-electron chi connectivity index (χ0n) is 25.1.